The van der Waals surface area contributed by atoms with Crippen LogP contribution in [-0.4, -0.2) is 6.54 Å². The Morgan fingerprint density at radius 3 is 3.13 bits per heavy atom. The fraction of sp³-hybridized carbons (Fsp3) is 0.273. The maximum absolute atomic E-state index is 3.59. The van der Waals surface area contributed by atoms with Gasteiger partial charge in [-0.2, -0.15) is 0 Å². The Morgan fingerprint density at radius 2 is 2.33 bits per heavy atom. The number of nitrogens with one attached hydrogen (secondary N) is 1. The maximum atomic E-state index is 3.59. The number of fused-ring (bicyclic) bond motifs is 1. The number of hydrogen-bond donors (Lipinski definition) is 1. The van der Waals surface area contributed by atoms with E-state index in [1.165, 1.54) is 21.3 Å². The van der Waals surface area contributed by atoms with Crippen LogP contribution in [0.2, 0.25) is 0 Å². The van der Waals surface area contributed by atoms with Crippen molar-refractivity contribution in [2.75, 3.05) is 6.54 Å². The second kappa shape index (κ2) is 4.01. The van der Waals surface area contributed by atoms with Gasteiger partial charge in [-0.15, -0.1) is 22.7 Å². The second-order valence-electron chi connectivity index (χ2n) is 3.60. The van der Waals surface area contributed by atoms with Gasteiger partial charge >= 0.3 is 0 Å². The summed E-state index contributed by atoms with van der Waals surface area (Å²) in [4.78, 5) is 2.95. The van der Waals surface area contributed by atoms with Crippen LogP contribution in [0.5, 0.6) is 0 Å². The van der Waals surface area contributed by atoms with Crippen LogP contribution in [0.4, 0.5) is 0 Å². The molecule has 78 valence electrons. The molecule has 2 aromatic heterocycles. The Morgan fingerprint density at radius 1 is 1.40 bits per heavy atom. The summed E-state index contributed by atoms with van der Waals surface area (Å²) in [7, 11) is 0. The smallest absolute Gasteiger partial charge is 0.0682 e. The van der Waals surface area contributed by atoms with Crippen molar-refractivity contribution < 1.29 is 0 Å². The lowest BCUT2D eigenvalue weighted by Gasteiger charge is -2.23. The highest BCUT2D eigenvalue weighted by Gasteiger charge is 2.23. The van der Waals surface area contributed by atoms with Crippen LogP contribution in [0.25, 0.3) is 0 Å². The molecule has 4 heteroatoms. The number of hydrogen-bond acceptors (Lipinski definition) is 3. The third-order valence-electron chi connectivity index (χ3n) is 2.66. The van der Waals surface area contributed by atoms with Gasteiger partial charge in [-0.3, -0.25) is 0 Å². The molecule has 3 rings (SSSR count). The lowest BCUT2D eigenvalue weighted by atomic mass is 10.0. The molecule has 3 heterocycles. The van der Waals surface area contributed by atoms with Crippen molar-refractivity contribution in [1.29, 1.82) is 0 Å². The minimum Gasteiger partial charge on any atom is -0.305 e. The Bertz CT molecular complexity index is 474. The second-order valence-corrected chi connectivity index (χ2v) is 6.46. The molecule has 0 spiro atoms. The van der Waals surface area contributed by atoms with Gasteiger partial charge in [0.1, 0.15) is 0 Å². The molecule has 0 aliphatic carbocycles. The van der Waals surface area contributed by atoms with Crippen LogP contribution in [0, 0.1) is 0 Å². The predicted molar refractivity (Wildman–Crippen MR) is 69.9 cm³/mol. The van der Waals surface area contributed by atoms with Gasteiger partial charge in [0.2, 0.25) is 0 Å². The zero-order valence-electron chi connectivity index (χ0n) is 8.00. The molecule has 1 N–H and O–H groups in total. The molecule has 1 aliphatic heterocycles. The highest BCUT2D eigenvalue weighted by Crippen LogP contribution is 2.35. The van der Waals surface area contributed by atoms with E-state index in [1.807, 2.05) is 22.7 Å². The normalized spacial score (nSPS) is 20.2. The van der Waals surface area contributed by atoms with Crippen molar-refractivity contribution in [2.24, 2.45) is 0 Å². The van der Waals surface area contributed by atoms with Gasteiger partial charge in [0, 0.05) is 26.2 Å². The van der Waals surface area contributed by atoms with Crippen molar-refractivity contribution >= 4 is 38.6 Å². The van der Waals surface area contributed by atoms with Crippen molar-refractivity contribution in [1.82, 2.24) is 5.32 Å². The molecule has 2 aromatic rings. The van der Waals surface area contributed by atoms with Crippen LogP contribution >= 0.6 is 38.6 Å². The largest absolute Gasteiger partial charge is 0.305 e. The zero-order valence-corrected chi connectivity index (χ0v) is 11.2. The SMILES string of the molecule is Brc1csc(C2NCCc3sccc32)c1. The molecular formula is C11H10BrNS2. The molecule has 0 radical (unpaired) electrons. The van der Waals surface area contributed by atoms with Crippen LogP contribution < -0.4 is 5.32 Å². The highest BCUT2D eigenvalue weighted by atomic mass is 79.9. The van der Waals surface area contributed by atoms with E-state index in [-0.39, 0.29) is 0 Å². The fourth-order valence-electron chi connectivity index (χ4n) is 1.98. The Balaban J connectivity index is 2.02. The minimum atomic E-state index is 0.413. The fourth-order valence-corrected chi connectivity index (χ4v) is 4.44. The van der Waals surface area contributed by atoms with Gasteiger partial charge < -0.3 is 5.32 Å². The first-order valence-corrected chi connectivity index (χ1v) is 7.43. The molecule has 1 aliphatic rings. The predicted octanol–water partition coefficient (Wildman–Crippen LogP) is 3.81. The first-order chi connectivity index (χ1) is 7.34. The van der Waals surface area contributed by atoms with Gasteiger partial charge in [0.25, 0.3) is 0 Å². The maximum Gasteiger partial charge on any atom is 0.0682 e. The lowest BCUT2D eigenvalue weighted by Crippen LogP contribution is -2.28. The van der Waals surface area contributed by atoms with E-state index in [0.29, 0.717) is 6.04 Å². The van der Waals surface area contributed by atoms with Gasteiger partial charge in [-0.05, 0) is 45.4 Å². The summed E-state index contributed by atoms with van der Waals surface area (Å²) < 4.78 is 1.19. The highest BCUT2D eigenvalue weighted by molar-refractivity contribution is 9.10. The Kier molecular flexibility index (Phi) is 2.68. The van der Waals surface area contributed by atoms with E-state index in [4.69, 9.17) is 0 Å². The first-order valence-electron chi connectivity index (χ1n) is 4.88. The van der Waals surface area contributed by atoms with Crippen LogP contribution in [0.1, 0.15) is 21.4 Å². The van der Waals surface area contributed by atoms with Gasteiger partial charge in [0.05, 0.1) is 6.04 Å². The molecule has 1 atom stereocenters. The van der Waals surface area contributed by atoms with Crippen molar-refractivity contribution in [3.63, 3.8) is 0 Å². The summed E-state index contributed by atoms with van der Waals surface area (Å²) in [5.74, 6) is 0. The molecule has 15 heavy (non-hydrogen) atoms. The summed E-state index contributed by atoms with van der Waals surface area (Å²) in [6.45, 7) is 1.09. The molecular weight excluding hydrogens is 290 g/mol. The summed E-state index contributed by atoms with van der Waals surface area (Å²) in [5.41, 5.74) is 1.47. The molecule has 1 unspecified atom stereocenters. The van der Waals surface area contributed by atoms with Crippen LogP contribution in [0.3, 0.4) is 0 Å². The average Bonchev–Trinajstić information content (AvgIpc) is 2.84. The van der Waals surface area contributed by atoms with E-state index in [2.05, 4.69) is 44.1 Å². The monoisotopic (exact) mass is 299 g/mol. The third kappa shape index (κ3) is 1.80. The van der Waals surface area contributed by atoms with E-state index in [1.54, 1.807) is 4.88 Å². The summed E-state index contributed by atoms with van der Waals surface area (Å²) in [6.07, 6.45) is 1.18. The quantitative estimate of drug-likeness (QED) is 0.844. The van der Waals surface area contributed by atoms with Gasteiger partial charge in [0.15, 0.2) is 0 Å². The molecule has 0 bridgehead atoms. The van der Waals surface area contributed by atoms with Crippen molar-refractivity contribution in [2.45, 2.75) is 12.5 Å². The van der Waals surface area contributed by atoms with E-state index < -0.39 is 0 Å². The van der Waals surface area contributed by atoms with Crippen molar-refractivity contribution in [3.05, 3.63) is 42.7 Å². The standard InChI is InChI=1S/C11H10BrNS2/c12-7-5-10(15-6-7)11-8-2-4-14-9(8)1-3-13-11/h2,4-6,11,13H,1,3H2. The number of thiophene rings is 2. The summed E-state index contributed by atoms with van der Waals surface area (Å²) >= 11 is 7.22. The number of rotatable bonds is 1. The van der Waals surface area contributed by atoms with Crippen molar-refractivity contribution in [3.8, 4) is 0 Å². The van der Waals surface area contributed by atoms with E-state index in [9.17, 15) is 0 Å². The Hall–Kier alpha value is -0.160. The van der Waals surface area contributed by atoms with Gasteiger partial charge in [-0.1, -0.05) is 0 Å². The topological polar surface area (TPSA) is 12.0 Å². The molecule has 0 saturated heterocycles. The van der Waals surface area contributed by atoms with E-state index >= 15 is 0 Å². The summed E-state index contributed by atoms with van der Waals surface area (Å²) in [6, 6.07) is 4.89. The third-order valence-corrected chi connectivity index (χ3v) is 5.42. The van der Waals surface area contributed by atoms with Crippen LogP contribution in [0.15, 0.2) is 27.4 Å². The zero-order chi connectivity index (χ0) is 10.3. The first kappa shape index (κ1) is 10.0. The number of halogens is 1. The molecule has 0 fully saturated rings. The molecule has 1 nitrogen and oxygen atoms in total. The average molecular weight is 300 g/mol. The van der Waals surface area contributed by atoms with E-state index in [0.717, 1.165) is 6.54 Å². The van der Waals surface area contributed by atoms with Crippen LogP contribution in [-0.2, 0) is 6.42 Å². The minimum absolute atomic E-state index is 0.413. The summed E-state index contributed by atoms with van der Waals surface area (Å²) in [5, 5.41) is 7.94. The molecule has 0 aromatic carbocycles. The lowest BCUT2D eigenvalue weighted by molar-refractivity contribution is 0.582. The Labute approximate surface area is 105 Å². The molecule has 0 amide bonds. The van der Waals surface area contributed by atoms with Gasteiger partial charge in [-0.25, -0.2) is 0 Å². The molecule has 0 saturated carbocycles.